The van der Waals surface area contributed by atoms with Crippen molar-refractivity contribution in [1.82, 2.24) is 9.88 Å². The molecule has 7 nitrogen and oxygen atoms in total. The number of fused-ring (bicyclic) bond motifs is 1. The van der Waals surface area contributed by atoms with Crippen LogP contribution in [0.25, 0.3) is 10.9 Å². The van der Waals surface area contributed by atoms with Gasteiger partial charge in [0.2, 0.25) is 0 Å². The van der Waals surface area contributed by atoms with Crippen LogP contribution in [0.15, 0.2) is 97.2 Å². The maximum atomic E-state index is 14.1. The minimum absolute atomic E-state index is 0.0133. The second-order valence-electron chi connectivity index (χ2n) is 11.7. The lowest BCUT2D eigenvalue weighted by Gasteiger charge is -2.33. The average molecular weight is 616 g/mol. The second-order valence-corrected chi connectivity index (χ2v) is 11.7. The van der Waals surface area contributed by atoms with E-state index in [0.717, 1.165) is 59.2 Å². The van der Waals surface area contributed by atoms with Crippen molar-refractivity contribution in [2.75, 3.05) is 39.7 Å². The Morgan fingerprint density at radius 3 is 2.26 bits per heavy atom. The normalized spacial score (nSPS) is 13.4. The predicted molar refractivity (Wildman–Crippen MR) is 183 cm³/mol. The summed E-state index contributed by atoms with van der Waals surface area (Å²) in [5.74, 6) is 2.68. The standard InChI is InChI=1S/C39H41N3O4/c1-44-32-17-13-27(14-18-32)12-16-31-10-7-11-33-37(31)41-26-34(38(33)40-25-28-15-19-35(45-2)36(24-28)46-3)39(43)42-22-20-30(21-23-42)29-8-5-4-6-9-29/h4-11,13-15,17-19,24,26,30H,12,16,20-23,25H2,1-3H3,(H,40,41). The van der Waals surface area contributed by atoms with Crippen LogP contribution in [0.5, 0.6) is 17.2 Å². The van der Waals surface area contributed by atoms with Crippen molar-refractivity contribution >= 4 is 22.5 Å². The number of rotatable bonds is 11. The molecule has 0 atom stereocenters. The lowest BCUT2D eigenvalue weighted by Crippen LogP contribution is -2.38. The molecule has 1 aromatic heterocycles. The SMILES string of the molecule is COc1ccc(CCc2cccc3c(NCc4ccc(OC)c(OC)c4)c(C(=O)N4CCC(c5ccccc5)CC4)cnc23)cc1. The number of nitrogens with one attached hydrogen (secondary N) is 1. The van der Waals surface area contributed by atoms with Gasteiger partial charge in [0.05, 0.1) is 38.1 Å². The number of hydrogen-bond donors (Lipinski definition) is 1. The predicted octanol–water partition coefficient (Wildman–Crippen LogP) is 7.68. The smallest absolute Gasteiger partial charge is 0.257 e. The minimum Gasteiger partial charge on any atom is -0.497 e. The lowest BCUT2D eigenvalue weighted by molar-refractivity contribution is 0.0713. The number of ether oxygens (including phenoxy) is 3. The van der Waals surface area contributed by atoms with E-state index in [9.17, 15) is 4.79 Å². The summed E-state index contributed by atoms with van der Waals surface area (Å²) in [7, 11) is 4.95. The van der Waals surface area contributed by atoms with Crippen LogP contribution < -0.4 is 19.5 Å². The Morgan fingerprint density at radius 2 is 1.54 bits per heavy atom. The van der Waals surface area contributed by atoms with Gasteiger partial charge in [0.25, 0.3) is 5.91 Å². The highest BCUT2D eigenvalue weighted by Gasteiger charge is 2.27. The van der Waals surface area contributed by atoms with Crippen molar-refractivity contribution in [3.63, 3.8) is 0 Å². The maximum Gasteiger partial charge on any atom is 0.257 e. The van der Waals surface area contributed by atoms with Crippen LogP contribution in [0.1, 0.15) is 51.4 Å². The van der Waals surface area contributed by atoms with E-state index in [-0.39, 0.29) is 5.91 Å². The van der Waals surface area contributed by atoms with E-state index in [0.29, 0.717) is 42.6 Å². The number of aromatic nitrogens is 1. The van der Waals surface area contributed by atoms with Gasteiger partial charge in [0, 0.05) is 31.2 Å². The van der Waals surface area contributed by atoms with Gasteiger partial charge < -0.3 is 24.4 Å². The molecule has 0 radical (unpaired) electrons. The van der Waals surface area contributed by atoms with Crippen molar-refractivity contribution in [2.45, 2.75) is 38.1 Å². The van der Waals surface area contributed by atoms with E-state index in [1.807, 2.05) is 35.2 Å². The minimum atomic E-state index is 0.0133. The zero-order valence-corrected chi connectivity index (χ0v) is 26.8. The molecule has 6 rings (SSSR count). The molecule has 0 saturated carbocycles. The van der Waals surface area contributed by atoms with E-state index in [4.69, 9.17) is 19.2 Å². The molecule has 1 aliphatic rings. The third kappa shape index (κ3) is 6.79. The molecule has 1 aliphatic heterocycles. The fourth-order valence-corrected chi connectivity index (χ4v) is 6.40. The third-order valence-electron chi connectivity index (χ3n) is 9.02. The molecule has 1 fully saturated rings. The first-order valence-corrected chi connectivity index (χ1v) is 15.9. The molecule has 236 valence electrons. The summed E-state index contributed by atoms with van der Waals surface area (Å²) < 4.78 is 16.3. The van der Waals surface area contributed by atoms with E-state index in [1.54, 1.807) is 27.5 Å². The first-order valence-electron chi connectivity index (χ1n) is 15.9. The number of carbonyl (C=O) groups is 1. The summed E-state index contributed by atoms with van der Waals surface area (Å²) in [5.41, 5.74) is 7.05. The molecule has 5 aromatic rings. The number of pyridine rings is 1. The number of methoxy groups -OCH3 is 3. The molecule has 0 spiro atoms. The fraction of sp³-hybridized carbons (Fsp3) is 0.282. The molecule has 4 aromatic carbocycles. The Hall–Kier alpha value is -5.04. The number of aryl methyl sites for hydroxylation is 2. The highest BCUT2D eigenvalue weighted by atomic mass is 16.5. The molecule has 1 N–H and O–H groups in total. The monoisotopic (exact) mass is 615 g/mol. The largest absolute Gasteiger partial charge is 0.497 e. The Balaban J connectivity index is 1.29. The van der Waals surface area contributed by atoms with Gasteiger partial charge in [-0.15, -0.1) is 0 Å². The molecule has 1 amide bonds. The lowest BCUT2D eigenvalue weighted by atomic mass is 9.89. The second kappa shape index (κ2) is 14.4. The van der Waals surface area contributed by atoms with Crippen LogP contribution in [0.3, 0.4) is 0 Å². The number of carbonyl (C=O) groups excluding carboxylic acids is 1. The number of anilines is 1. The number of likely N-dealkylation sites (tertiary alicyclic amines) is 1. The molecule has 0 bridgehead atoms. The zero-order valence-electron chi connectivity index (χ0n) is 26.8. The number of benzene rings is 4. The summed E-state index contributed by atoms with van der Waals surface area (Å²) in [6.45, 7) is 1.94. The quantitative estimate of drug-likeness (QED) is 0.164. The molecule has 46 heavy (non-hydrogen) atoms. The van der Waals surface area contributed by atoms with Gasteiger partial charge in [-0.2, -0.15) is 0 Å². The summed E-state index contributed by atoms with van der Waals surface area (Å²) in [6, 6.07) is 30.9. The van der Waals surface area contributed by atoms with Crippen molar-refractivity contribution in [3.8, 4) is 17.2 Å². The number of nitrogens with zero attached hydrogens (tertiary/aromatic N) is 2. The molecule has 1 saturated heterocycles. The number of para-hydroxylation sites is 1. The topological polar surface area (TPSA) is 72.9 Å². The van der Waals surface area contributed by atoms with Crippen LogP contribution in [-0.4, -0.2) is 50.2 Å². The first-order chi connectivity index (χ1) is 22.6. The van der Waals surface area contributed by atoms with Gasteiger partial charge >= 0.3 is 0 Å². The van der Waals surface area contributed by atoms with Crippen LogP contribution in [0.2, 0.25) is 0 Å². The van der Waals surface area contributed by atoms with Crippen molar-refractivity contribution in [3.05, 3.63) is 125 Å². The molecule has 0 unspecified atom stereocenters. The molecular formula is C39H41N3O4. The molecular weight excluding hydrogens is 574 g/mol. The van der Waals surface area contributed by atoms with Crippen LogP contribution in [0.4, 0.5) is 5.69 Å². The highest BCUT2D eigenvalue weighted by Crippen LogP contribution is 2.34. The van der Waals surface area contributed by atoms with E-state index in [1.165, 1.54) is 11.1 Å². The molecule has 7 heteroatoms. The van der Waals surface area contributed by atoms with Crippen LogP contribution in [0, 0.1) is 0 Å². The van der Waals surface area contributed by atoms with Gasteiger partial charge in [-0.25, -0.2) is 0 Å². The van der Waals surface area contributed by atoms with Crippen molar-refractivity contribution < 1.29 is 19.0 Å². The number of amides is 1. The first kappa shape index (κ1) is 31.0. The average Bonchev–Trinajstić information content (AvgIpc) is 3.13. The Kier molecular flexibility index (Phi) is 9.68. The Labute approximate surface area is 271 Å². The third-order valence-corrected chi connectivity index (χ3v) is 9.02. The summed E-state index contributed by atoms with van der Waals surface area (Å²) in [5, 5.41) is 4.57. The summed E-state index contributed by atoms with van der Waals surface area (Å²) in [6.07, 6.45) is 5.35. The number of hydrogen-bond acceptors (Lipinski definition) is 6. The van der Waals surface area contributed by atoms with E-state index >= 15 is 0 Å². The Bertz CT molecular complexity index is 1780. The van der Waals surface area contributed by atoms with E-state index < -0.39 is 0 Å². The molecule has 0 aliphatic carbocycles. The summed E-state index contributed by atoms with van der Waals surface area (Å²) in [4.78, 5) is 21.1. The van der Waals surface area contributed by atoms with Crippen molar-refractivity contribution in [1.29, 1.82) is 0 Å². The zero-order chi connectivity index (χ0) is 31.9. The van der Waals surface area contributed by atoms with Gasteiger partial charge in [0.1, 0.15) is 5.75 Å². The van der Waals surface area contributed by atoms with Gasteiger partial charge in [-0.1, -0.05) is 66.7 Å². The van der Waals surface area contributed by atoms with Crippen molar-refractivity contribution in [2.24, 2.45) is 0 Å². The number of piperidine rings is 1. The van der Waals surface area contributed by atoms with Gasteiger partial charge in [0.15, 0.2) is 11.5 Å². The summed E-state index contributed by atoms with van der Waals surface area (Å²) >= 11 is 0. The molecule has 2 heterocycles. The highest BCUT2D eigenvalue weighted by molar-refractivity contribution is 6.07. The van der Waals surface area contributed by atoms with Gasteiger partial charge in [-0.3, -0.25) is 9.78 Å². The maximum absolute atomic E-state index is 14.1. The van der Waals surface area contributed by atoms with E-state index in [2.05, 4.69) is 66.0 Å². The van der Waals surface area contributed by atoms with Crippen LogP contribution >= 0.6 is 0 Å². The van der Waals surface area contributed by atoms with Gasteiger partial charge in [-0.05, 0) is 78.1 Å². The fourth-order valence-electron chi connectivity index (χ4n) is 6.40. The Morgan fingerprint density at radius 1 is 0.804 bits per heavy atom. The van der Waals surface area contributed by atoms with Crippen LogP contribution in [-0.2, 0) is 19.4 Å².